The summed E-state index contributed by atoms with van der Waals surface area (Å²) in [6.07, 6.45) is 1.61. The molecule has 0 saturated carbocycles. The van der Waals surface area contributed by atoms with Crippen molar-refractivity contribution in [1.29, 1.82) is 0 Å². The fourth-order valence-corrected chi connectivity index (χ4v) is 3.12. The van der Waals surface area contributed by atoms with Gasteiger partial charge >= 0.3 is 6.03 Å². The average molecular weight is 355 g/mol. The van der Waals surface area contributed by atoms with Crippen molar-refractivity contribution in [3.63, 3.8) is 0 Å². The van der Waals surface area contributed by atoms with Crippen molar-refractivity contribution < 1.29 is 23.9 Å². The van der Waals surface area contributed by atoms with Gasteiger partial charge in [-0.2, -0.15) is 0 Å². The Balaban J connectivity index is 1.60. The minimum absolute atomic E-state index is 0.328. The van der Waals surface area contributed by atoms with Crippen LogP contribution in [0.3, 0.4) is 0 Å². The van der Waals surface area contributed by atoms with E-state index in [0.717, 1.165) is 4.90 Å². The van der Waals surface area contributed by atoms with E-state index in [0.29, 0.717) is 36.0 Å². The molecule has 2 aromatic rings. The van der Waals surface area contributed by atoms with Crippen molar-refractivity contribution in [1.82, 2.24) is 15.2 Å². The Bertz CT molecular complexity index is 892. The number of fused-ring (bicyclic) bond motifs is 1. The lowest BCUT2D eigenvalue weighted by molar-refractivity contribution is -0.130. The lowest BCUT2D eigenvalue weighted by Gasteiger charge is -2.25. The van der Waals surface area contributed by atoms with Gasteiger partial charge in [0.05, 0.1) is 12.2 Å². The maximum absolute atomic E-state index is 12.9. The quantitative estimate of drug-likeness (QED) is 0.638. The molecule has 4 rings (SSSR count). The number of hydrogen-bond acceptors (Lipinski definition) is 5. The third-order valence-corrected chi connectivity index (χ3v) is 4.59. The standard InChI is InChI=1S/C18H17N3O5/c1-18(11-4-5-14-15(9-11)26-8-7-25-14)16(23)21(17(24)20-18)10-13(22)12-3-2-6-19-12/h2-6,9,19H,7-8,10H2,1H3,(H,20,24)/t18-/m0/s1. The highest BCUT2D eigenvalue weighted by Gasteiger charge is 2.49. The van der Waals surface area contributed by atoms with Crippen LogP contribution in [0.4, 0.5) is 4.79 Å². The Morgan fingerprint density at radius 2 is 1.96 bits per heavy atom. The number of carbonyl (C=O) groups is 3. The third-order valence-electron chi connectivity index (χ3n) is 4.59. The first-order valence-corrected chi connectivity index (χ1v) is 8.20. The normalized spacial score (nSPS) is 21.7. The summed E-state index contributed by atoms with van der Waals surface area (Å²) in [5.74, 6) is 0.293. The van der Waals surface area contributed by atoms with Gasteiger partial charge in [-0.1, -0.05) is 6.07 Å². The van der Waals surface area contributed by atoms with E-state index in [4.69, 9.17) is 9.47 Å². The number of ketones is 1. The number of nitrogens with zero attached hydrogens (tertiary/aromatic N) is 1. The second kappa shape index (κ2) is 5.91. The van der Waals surface area contributed by atoms with E-state index in [1.165, 1.54) is 0 Å². The van der Waals surface area contributed by atoms with Gasteiger partial charge in [-0.25, -0.2) is 4.79 Å². The topological polar surface area (TPSA) is 101 Å². The van der Waals surface area contributed by atoms with Crippen molar-refractivity contribution in [2.45, 2.75) is 12.5 Å². The largest absolute Gasteiger partial charge is 0.486 e. The van der Waals surface area contributed by atoms with Crippen LogP contribution in [0.1, 0.15) is 23.0 Å². The van der Waals surface area contributed by atoms with Gasteiger partial charge in [-0.15, -0.1) is 0 Å². The fourth-order valence-electron chi connectivity index (χ4n) is 3.12. The second-order valence-electron chi connectivity index (χ2n) is 6.31. The van der Waals surface area contributed by atoms with E-state index in [2.05, 4.69) is 10.3 Å². The molecule has 2 aliphatic heterocycles. The minimum Gasteiger partial charge on any atom is -0.486 e. The SMILES string of the molecule is C[C@@]1(c2ccc3c(c2)OCCO3)NC(=O)N(CC(=O)c2ccc[nH]2)C1=O. The summed E-state index contributed by atoms with van der Waals surface area (Å²) in [4.78, 5) is 41.2. The first-order chi connectivity index (χ1) is 12.5. The van der Waals surface area contributed by atoms with Crippen LogP contribution in [0.25, 0.3) is 0 Å². The molecular formula is C18H17N3O5. The second-order valence-corrected chi connectivity index (χ2v) is 6.31. The molecule has 134 valence electrons. The monoisotopic (exact) mass is 355 g/mol. The summed E-state index contributed by atoms with van der Waals surface area (Å²) in [5, 5.41) is 2.68. The molecule has 0 bridgehead atoms. The average Bonchev–Trinajstić information content (AvgIpc) is 3.25. The van der Waals surface area contributed by atoms with Gasteiger partial charge in [-0.3, -0.25) is 14.5 Å². The van der Waals surface area contributed by atoms with Gasteiger partial charge in [0.2, 0.25) is 0 Å². The number of H-pyrrole nitrogens is 1. The Kier molecular flexibility index (Phi) is 3.68. The van der Waals surface area contributed by atoms with Gasteiger partial charge in [0.1, 0.15) is 18.8 Å². The van der Waals surface area contributed by atoms with Crippen LogP contribution in [-0.4, -0.2) is 47.4 Å². The summed E-state index contributed by atoms with van der Waals surface area (Å²) in [5.41, 5.74) is -0.364. The van der Waals surface area contributed by atoms with Crippen LogP contribution < -0.4 is 14.8 Å². The molecule has 2 aliphatic rings. The number of nitrogens with one attached hydrogen (secondary N) is 2. The molecule has 3 heterocycles. The number of Topliss-reactive ketones (excluding diaryl/α,β-unsaturated/α-hetero) is 1. The number of benzene rings is 1. The zero-order valence-corrected chi connectivity index (χ0v) is 14.1. The number of urea groups is 1. The molecule has 8 nitrogen and oxygen atoms in total. The molecule has 0 radical (unpaired) electrons. The van der Waals surface area contributed by atoms with Crippen molar-refractivity contribution in [2.75, 3.05) is 19.8 Å². The predicted molar refractivity (Wildman–Crippen MR) is 90.2 cm³/mol. The number of aromatic amines is 1. The Hall–Kier alpha value is -3.29. The molecule has 1 atom stereocenters. The Morgan fingerprint density at radius 3 is 2.69 bits per heavy atom. The van der Waals surface area contributed by atoms with Gasteiger partial charge < -0.3 is 19.8 Å². The molecular weight excluding hydrogens is 338 g/mol. The lowest BCUT2D eigenvalue weighted by Crippen LogP contribution is -2.41. The van der Waals surface area contributed by atoms with Gasteiger partial charge in [-0.05, 0) is 36.8 Å². The van der Waals surface area contributed by atoms with Crippen molar-refractivity contribution in [2.24, 2.45) is 0 Å². The maximum Gasteiger partial charge on any atom is 0.325 e. The summed E-state index contributed by atoms with van der Waals surface area (Å²) in [7, 11) is 0. The number of amides is 3. The molecule has 1 saturated heterocycles. The van der Waals surface area contributed by atoms with E-state index in [1.807, 2.05) is 0 Å². The number of rotatable bonds is 4. The predicted octanol–water partition coefficient (Wildman–Crippen LogP) is 1.44. The van der Waals surface area contributed by atoms with Crippen molar-refractivity contribution in [3.05, 3.63) is 47.8 Å². The number of carbonyl (C=O) groups excluding carboxylic acids is 3. The molecule has 1 aromatic heterocycles. The smallest absolute Gasteiger partial charge is 0.325 e. The summed E-state index contributed by atoms with van der Waals surface area (Å²) in [6, 6.07) is 7.78. The van der Waals surface area contributed by atoms with Crippen LogP contribution >= 0.6 is 0 Å². The highest BCUT2D eigenvalue weighted by molar-refractivity contribution is 6.11. The molecule has 1 aromatic carbocycles. The minimum atomic E-state index is -1.27. The third kappa shape index (κ3) is 2.50. The molecule has 0 spiro atoms. The van der Waals surface area contributed by atoms with Crippen molar-refractivity contribution in [3.8, 4) is 11.5 Å². The van der Waals surface area contributed by atoms with E-state index >= 15 is 0 Å². The Labute approximate surface area is 149 Å². The van der Waals surface area contributed by atoms with Gasteiger partial charge in [0.25, 0.3) is 5.91 Å². The summed E-state index contributed by atoms with van der Waals surface area (Å²) < 4.78 is 11.0. The molecule has 0 aliphatic carbocycles. The molecule has 26 heavy (non-hydrogen) atoms. The molecule has 3 amide bonds. The van der Waals surface area contributed by atoms with E-state index in [9.17, 15) is 14.4 Å². The molecule has 1 fully saturated rings. The highest BCUT2D eigenvalue weighted by Crippen LogP contribution is 2.36. The molecule has 8 heteroatoms. The van der Waals surface area contributed by atoms with Gasteiger partial charge in [0, 0.05) is 6.20 Å². The van der Waals surface area contributed by atoms with E-state index in [1.54, 1.807) is 43.5 Å². The van der Waals surface area contributed by atoms with E-state index < -0.39 is 17.5 Å². The highest BCUT2D eigenvalue weighted by atomic mass is 16.6. The zero-order valence-electron chi connectivity index (χ0n) is 14.1. The first-order valence-electron chi connectivity index (χ1n) is 8.20. The van der Waals surface area contributed by atoms with Crippen molar-refractivity contribution >= 4 is 17.7 Å². The van der Waals surface area contributed by atoms with E-state index in [-0.39, 0.29) is 12.3 Å². The van der Waals surface area contributed by atoms with Crippen LogP contribution in [0.5, 0.6) is 11.5 Å². The summed E-state index contributed by atoms with van der Waals surface area (Å²) in [6.45, 7) is 2.17. The maximum atomic E-state index is 12.9. The number of hydrogen-bond donors (Lipinski definition) is 2. The fraction of sp³-hybridized carbons (Fsp3) is 0.278. The van der Waals surface area contributed by atoms with Crippen LogP contribution in [0.2, 0.25) is 0 Å². The molecule has 0 unspecified atom stereocenters. The zero-order chi connectivity index (χ0) is 18.3. The van der Waals surface area contributed by atoms with Crippen LogP contribution in [0.15, 0.2) is 36.5 Å². The van der Waals surface area contributed by atoms with Crippen LogP contribution in [0, 0.1) is 0 Å². The number of imide groups is 1. The lowest BCUT2D eigenvalue weighted by atomic mass is 9.91. The summed E-state index contributed by atoms with van der Waals surface area (Å²) >= 11 is 0. The molecule has 2 N–H and O–H groups in total. The van der Waals surface area contributed by atoms with Crippen LogP contribution in [-0.2, 0) is 10.3 Å². The number of ether oxygens (including phenoxy) is 2. The van der Waals surface area contributed by atoms with Gasteiger partial charge in [0.15, 0.2) is 17.3 Å². The first kappa shape index (κ1) is 16.2. The number of aromatic nitrogens is 1. The Morgan fingerprint density at radius 1 is 1.19 bits per heavy atom.